The second-order valence-electron chi connectivity index (χ2n) is 14.0. The van der Waals surface area contributed by atoms with Gasteiger partial charge in [0, 0.05) is 36.6 Å². The van der Waals surface area contributed by atoms with Gasteiger partial charge in [0.1, 0.15) is 5.58 Å². The normalized spacial score (nSPS) is 11.6. The summed E-state index contributed by atoms with van der Waals surface area (Å²) < 4.78 is 9.28. The zero-order valence-electron chi connectivity index (χ0n) is 29.8. The van der Waals surface area contributed by atoms with Crippen LogP contribution in [0.3, 0.4) is 0 Å². The topological polar surface area (TPSA) is 16.4 Å². The van der Waals surface area contributed by atoms with Crippen molar-refractivity contribution in [1.29, 1.82) is 0 Å². The molecule has 3 heteroatoms. The molecule has 0 unspecified atom stereocenters. The van der Waals surface area contributed by atoms with Crippen LogP contribution in [-0.2, 0) is 0 Å². The average molecular weight is 720 g/mol. The maximum Gasteiger partial charge on any atom is 0.159 e. The van der Waals surface area contributed by atoms with Gasteiger partial charge in [0.15, 0.2) is 5.58 Å². The van der Waals surface area contributed by atoms with Crippen LogP contribution in [0.2, 0.25) is 0 Å². The SMILES string of the molecule is c1ccc(-c2cc3ccccc3cc2-c2ccc(N(c3cccc4c3oc3ccccc34)c3ccc(-c4ccccc4)c4sc5ccccc5c34)cc2)cc1. The van der Waals surface area contributed by atoms with Gasteiger partial charge in [0.2, 0.25) is 0 Å². The number of para-hydroxylation sites is 2. The van der Waals surface area contributed by atoms with Gasteiger partial charge < -0.3 is 9.32 Å². The Labute approximate surface area is 322 Å². The summed E-state index contributed by atoms with van der Waals surface area (Å²) in [7, 11) is 0. The zero-order valence-corrected chi connectivity index (χ0v) is 30.6. The molecule has 2 heterocycles. The van der Waals surface area contributed by atoms with Crippen molar-refractivity contribution in [2.24, 2.45) is 0 Å². The van der Waals surface area contributed by atoms with Gasteiger partial charge in [-0.2, -0.15) is 0 Å². The summed E-state index contributed by atoms with van der Waals surface area (Å²) >= 11 is 1.86. The van der Waals surface area contributed by atoms with E-state index >= 15 is 0 Å². The van der Waals surface area contributed by atoms with E-state index < -0.39 is 0 Å². The minimum absolute atomic E-state index is 0.869. The summed E-state index contributed by atoms with van der Waals surface area (Å²) in [6, 6.07) is 72.1. The third-order valence-electron chi connectivity index (χ3n) is 10.9. The minimum Gasteiger partial charge on any atom is -0.454 e. The molecular formula is C52H33NOS. The second kappa shape index (κ2) is 12.9. The Bertz CT molecular complexity index is 3190. The van der Waals surface area contributed by atoms with Crippen LogP contribution in [0.4, 0.5) is 17.1 Å². The van der Waals surface area contributed by atoms with Crippen molar-refractivity contribution in [2.75, 3.05) is 4.90 Å². The summed E-state index contributed by atoms with van der Waals surface area (Å²) in [6.45, 7) is 0. The van der Waals surface area contributed by atoms with Gasteiger partial charge in [0.25, 0.3) is 0 Å². The summed E-state index contributed by atoms with van der Waals surface area (Å²) in [6.07, 6.45) is 0. The monoisotopic (exact) mass is 719 g/mol. The quantitative estimate of drug-likeness (QED) is 0.170. The zero-order chi connectivity index (χ0) is 36.3. The molecule has 0 aliphatic heterocycles. The molecule has 0 spiro atoms. The number of rotatable bonds is 6. The first-order valence-corrected chi connectivity index (χ1v) is 19.5. The first-order valence-electron chi connectivity index (χ1n) is 18.7. The Kier molecular flexibility index (Phi) is 7.39. The van der Waals surface area contributed by atoms with Gasteiger partial charge in [-0.1, -0.05) is 152 Å². The van der Waals surface area contributed by atoms with Gasteiger partial charge in [-0.25, -0.2) is 0 Å². The van der Waals surface area contributed by atoms with Crippen LogP contribution in [0, 0.1) is 0 Å². The van der Waals surface area contributed by atoms with Crippen molar-refractivity contribution >= 4 is 81.3 Å². The third-order valence-corrected chi connectivity index (χ3v) is 12.1. The fourth-order valence-electron chi connectivity index (χ4n) is 8.28. The molecule has 0 fully saturated rings. The second-order valence-corrected chi connectivity index (χ2v) is 15.1. The molecule has 0 saturated carbocycles. The number of hydrogen-bond donors (Lipinski definition) is 0. The third kappa shape index (κ3) is 5.24. The van der Waals surface area contributed by atoms with Gasteiger partial charge in [-0.15, -0.1) is 11.3 Å². The highest BCUT2D eigenvalue weighted by atomic mass is 32.1. The molecule has 55 heavy (non-hydrogen) atoms. The number of benzene rings is 9. The highest BCUT2D eigenvalue weighted by Gasteiger charge is 2.24. The first-order chi connectivity index (χ1) is 27.3. The van der Waals surface area contributed by atoms with Crippen LogP contribution in [-0.4, -0.2) is 0 Å². The standard InChI is InChI=1S/C52H33NOS/c1-3-14-34(15-4-1)40-30-31-46(50-43-21-10-12-25-49(43)55-52(40)50)53(47-23-13-22-42-41-20-9-11-24-48(41)54-51(42)47)39-28-26-36(27-29-39)45-33-38-19-8-7-18-37(38)32-44(45)35-16-5-2-6-17-35/h1-33H. The molecule has 2 aromatic heterocycles. The van der Waals surface area contributed by atoms with Gasteiger partial charge in [-0.05, 0) is 92.7 Å². The van der Waals surface area contributed by atoms with Crippen LogP contribution < -0.4 is 4.90 Å². The molecule has 0 atom stereocenters. The Morgan fingerprint density at radius 2 is 0.982 bits per heavy atom. The van der Waals surface area contributed by atoms with Crippen molar-refractivity contribution in [1.82, 2.24) is 0 Å². The molecule has 0 amide bonds. The smallest absolute Gasteiger partial charge is 0.159 e. The maximum absolute atomic E-state index is 6.74. The predicted octanol–water partition coefficient (Wildman–Crippen LogP) is 15.6. The van der Waals surface area contributed by atoms with Gasteiger partial charge >= 0.3 is 0 Å². The van der Waals surface area contributed by atoms with E-state index in [2.05, 4.69) is 199 Å². The molecule has 9 aromatic carbocycles. The number of furan rings is 1. The summed E-state index contributed by atoms with van der Waals surface area (Å²) in [5.41, 5.74) is 12.2. The van der Waals surface area contributed by atoms with Crippen LogP contribution in [0.5, 0.6) is 0 Å². The van der Waals surface area contributed by atoms with E-state index in [0.29, 0.717) is 0 Å². The Morgan fingerprint density at radius 1 is 0.400 bits per heavy atom. The number of nitrogens with zero attached hydrogens (tertiary/aromatic N) is 1. The number of hydrogen-bond acceptors (Lipinski definition) is 3. The molecule has 0 aliphatic rings. The van der Waals surface area contributed by atoms with Crippen LogP contribution in [0.25, 0.3) is 86.3 Å². The lowest BCUT2D eigenvalue weighted by Crippen LogP contribution is -2.10. The molecule has 0 N–H and O–H groups in total. The lowest BCUT2D eigenvalue weighted by molar-refractivity contribution is 0.669. The summed E-state index contributed by atoms with van der Waals surface area (Å²) in [5.74, 6) is 0. The van der Waals surface area contributed by atoms with Gasteiger partial charge in [0.05, 0.1) is 11.4 Å². The molecule has 11 rings (SSSR count). The molecule has 0 saturated heterocycles. The Balaban J connectivity index is 1.16. The van der Waals surface area contributed by atoms with E-state index in [9.17, 15) is 0 Å². The number of anilines is 3. The fourth-order valence-corrected chi connectivity index (χ4v) is 9.54. The van der Waals surface area contributed by atoms with Crippen LogP contribution >= 0.6 is 11.3 Å². The molecule has 11 aromatic rings. The van der Waals surface area contributed by atoms with E-state index in [-0.39, 0.29) is 0 Å². The van der Waals surface area contributed by atoms with E-state index in [1.807, 2.05) is 17.4 Å². The largest absolute Gasteiger partial charge is 0.454 e. The number of thiophene rings is 1. The van der Waals surface area contributed by atoms with E-state index in [0.717, 1.165) is 39.0 Å². The van der Waals surface area contributed by atoms with E-state index in [4.69, 9.17) is 4.42 Å². The molecular weight excluding hydrogens is 687 g/mol. The number of fused-ring (bicyclic) bond motifs is 7. The summed E-state index contributed by atoms with van der Waals surface area (Å²) in [5, 5.41) is 7.16. The highest BCUT2D eigenvalue weighted by molar-refractivity contribution is 7.26. The Morgan fingerprint density at radius 3 is 1.71 bits per heavy atom. The van der Waals surface area contributed by atoms with Crippen LogP contribution in [0.1, 0.15) is 0 Å². The molecule has 0 aliphatic carbocycles. The van der Waals surface area contributed by atoms with Crippen molar-refractivity contribution in [3.63, 3.8) is 0 Å². The molecule has 258 valence electrons. The molecule has 0 bridgehead atoms. The summed E-state index contributed by atoms with van der Waals surface area (Å²) in [4.78, 5) is 2.41. The van der Waals surface area contributed by atoms with E-state index in [1.54, 1.807) is 0 Å². The predicted molar refractivity (Wildman–Crippen MR) is 235 cm³/mol. The minimum atomic E-state index is 0.869. The highest BCUT2D eigenvalue weighted by Crippen LogP contribution is 2.50. The lowest BCUT2D eigenvalue weighted by Gasteiger charge is -2.27. The van der Waals surface area contributed by atoms with Crippen molar-refractivity contribution < 1.29 is 4.42 Å². The molecule has 0 radical (unpaired) electrons. The van der Waals surface area contributed by atoms with Gasteiger partial charge in [-0.3, -0.25) is 0 Å². The maximum atomic E-state index is 6.74. The lowest BCUT2D eigenvalue weighted by atomic mass is 9.91. The Hall–Kier alpha value is -6.94. The van der Waals surface area contributed by atoms with Crippen molar-refractivity contribution in [3.05, 3.63) is 200 Å². The molecule has 2 nitrogen and oxygen atoms in total. The van der Waals surface area contributed by atoms with Crippen LogP contribution in [0.15, 0.2) is 205 Å². The van der Waals surface area contributed by atoms with Crippen molar-refractivity contribution in [2.45, 2.75) is 0 Å². The van der Waals surface area contributed by atoms with E-state index in [1.165, 1.54) is 64.3 Å². The average Bonchev–Trinajstić information content (AvgIpc) is 3.84. The first kappa shape index (κ1) is 31.6. The van der Waals surface area contributed by atoms with Crippen molar-refractivity contribution in [3.8, 4) is 33.4 Å². The fraction of sp³-hybridized carbons (Fsp3) is 0.